The van der Waals surface area contributed by atoms with Crippen LogP contribution in [-0.2, 0) is 4.74 Å². The van der Waals surface area contributed by atoms with E-state index in [1.54, 1.807) is 13.1 Å². The summed E-state index contributed by atoms with van der Waals surface area (Å²) in [6, 6.07) is 0.225. The maximum absolute atomic E-state index is 12.6. The smallest absolute Gasteiger partial charge is 0.357 e. The van der Waals surface area contributed by atoms with Gasteiger partial charge < -0.3 is 10.6 Å². The number of allylic oxidation sites excluding steroid dienone is 5. The van der Waals surface area contributed by atoms with E-state index in [0.29, 0.717) is 11.1 Å². The molecular weight excluding hydrogens is 352 g/mol. The van der Waals surface area contributed by atoms with Crippen LogP contribution in [0.4, 0.5) is 0 Å². The minimum atomic E-state index is -0.481. The summed E-state index contributed by atoms with van der Waals surface area (Å²) in [5.41, 5.74) is 4.11. The molecule has 2 aromatic heterocycles. The molecule has 0 aliphatic heterocycles. The standard InChI is InChI=1S/C22H30N4O2/c1-7-9-10-11-12-16(5)19-18(14-25(23)21(19)22(27)28-8-2)20-17(6)13-26(24-20)15(3)4/h9-15H,5,7-8,23H2,1-4,6H3/b10-9-,12-11-. The highest BCUT2D eigenvalue weighted by Gasteiger charge is 2.26. The molecule has 0 atom stereocenters. The molecule has 0 unspecified atom stereocenters. The Labute approximate surface area is 167 Å². The summed E-state index contributed by atoms with van der Waals surface area (Å²) in [5, 5.41) is 4.71. The van der Waals surface area contributed by atoms with Crippen LogP contribution in [0.5, 0.6) is 0 Å². The molecule has 6 nitrogen and oxygen atoms in total. The topological polar surface area (TPSA) is 75.1 Å². The van der Waals surface area contributed by atoms with Gasteiger partial charge in [-0.3, -0.25) is 9.36 Å². The average Bonchev–Trinajstić information content (AvgIpc) is 3.18. The zero-order valence-corrected chi connectivity index (χ0v) is 17.4. The number of hydrogen-bond donors (Lipinski definition) is 1. The molecule has 2 N–H and O–H groups in total. The van der Waals surface area contributed by atoms with Gasteiger partial charge in [0.15, 0.2) is 5.69 Å². The predicted octanol–water partition coefficient (Wildman–Crippen LogP) is 4.67. The predicted molar refractivity (Wildman–Crippen MR) is 114 cm³/mol. The fourth-order valence-corrected chi connectivity index (χ4v) is 2.92. The minimum Gasteiger partial charge on any atom is -0.461 e. The van der Waals surface area contributed by atoms with Crippen LogP contribution >= 0.6 is 0 Å². The van der Waals surface area contributed by atoms with E-state index in [-0.39, 0.29) is 18.3 Å². The van der Waals surface area contributed by atoms with Crippen molar-refractivity contribution in [1.29, 1.82) is 0 Å². The monoisotopic (exact) mass is 382 g/mol. The van der Waals surface area contributed by atoms with E-state index < -0.39 is 5.97 Å². The zero-order chi connectivity index (χ0) is 20.8. The van der Waals surface area contributed by atoms with Crippen LogP contribution in [0.15, 0.2) is 43.3 Å². The molecule has 0 aliphatic carbocycles. The van der Waals surface area contributed by atoms with Crippen molar-refractivity contribution in [1.82, 2.24) is 14.5 Å². The first kappa shape index (κ1) is 21.3. The molecule has 150 valence electrons. The van der Waals surface area contributed by atoms with Gasteiger partial charge in [0.05, 0.1) is 12.3 Å². The van der Waals surface area contributed by atoms with Gasteiger partial charge in [-0.15, -0.1) is 0 Å². The Hall–Kier alpha value is -3.02. The number of ether oxygens (including phenoxy) is 1. The van der Waals surface area contributed by atoms with Gasteiger partial charge >= 0.3 is 5.97 Å². The number of aromatic nitrogens is 3. The van der Waals surface area contributed by atoms with Crippen molar-refractivity contribution in [2.45, 2.75) is 47.1 Å². The van der Waals surface area contributed by atoms with Crippen LogP contribution in [0.3, 0.4) is 0 Å². The van der Waals surface area contributed by atoms with Gasteiger partial charge in [-0.25, -0.2) is 4.79 Å². The summed E-state index contributed by atoms with van der Waals surface area (Å²) in [6.45, 7) is 14.4. The molecule has 0 saturated heterocycles. The fourth-order valence-electron chi connectivity index (χ4n) is 2.92. The number of esters is 1. The van der Waals surface area contributed by atoms with E-state index in [0.717, 1.165) is 23.2 Å². The Balaban J connectivity index is 2.64. The van der Waals surface area contributed by atoms with Crippen LogP contribution in [0.25, 0.3) is 16.8 Å². The Morgan fingerprint density at radius 3 is 2.61 bits per heavy atom. The lowest BCUT2D eigenvalue weighted by Crippen LogP contribution is -2.18. The number of hydrogen-bond acceptors (Lipinski definition) is 4. The van der Waals surface area contributed by atoms with E-state index in [1.807, 2.05) is 42.1 Å². The highest BCUT2D eigenvalue weighted by Crippen LogP contribution is 2.34. The van der Waals surface area contributed by atoms with Gasteiger partial charge in [0.1, 0.15) is 0 Å². The van der Waals surface area contributed by atoms with Crippen molar-refractivity contribution in [2.75, 3.05) is 12.4 Å². The highest BCUT2D eigenvalue weighted by molar-refractivity contribution is 6.00. The Morgan fingerprint density at radius 2 is 2.04 bits per heavy atom. The highest BCUT2D eigenvalue weighted by atomic mass is 16.5. The van der Waals surface area contributed by atoms with E-state index in [2.05, 4.69) is 27.4 Å². The van der Waals surface area contributed by atoms with Gasteiger partial charge in [0.2, 0.25) is 0 Å². The summed E-state index contributed by atoms with van der Waals surface area (Å²) in [6.07, 6.45) is 12.4. The van der Waals surface area contributed by atoms with Gasteiger partial charge in [0.25, 0.3) is 0 Å². The number of rotatable bonds is 8. The zero-order valence-electron chi connectivity index (χ0n) is 17.4. The van der Waals surface area contributed by atoms with Gasteiger partial charge in [-0.2, -0.15) is 5.10 Å². The average molecular weight is 383 g/mol. The SMILES string of the molecule is C=C(/C=C\C=C/CC)c1c(-c2nn(C(C)C)cc2C)cn(N)c1C(=O)OCC. The number of aryl methyl sites for hydroxylation is 1. The lowest BCUT2D eigenvalue weighted by molar-refractivity contribution is 0.0516. The summed E-state index contributed by atoms with van der Waals surface area (Å²) in [4.78, 5) is 12.6. The van der Waals surface area contributed by atoms with Crippen molar-refractivity contribution >= 4 is 11.5 Å². The number of nitrogens with zero attached hydrogens (tertiary/aromatic N) is 3. The van der Waals surface area contributed by atoms with Crippen LogP contribution in [0.2, 0.25) is 0 Å². The molecule has 6 heteroatoms. The van der Waals surface area contributed by atoms with Crippen molar-refractivity contribution in [3.8, 4) is 11.3 Å². The van der Waals surface area contributed by atoms with Crippen LogP contribution in [0, 0.1) is 6.92 Å². The van der Waals surface area contributed by atoms with E-state index in [4.69, 9.17) is 15.7 Å². The van der Waals surface area contributed by atoms with Gasteiger partial charge in [0, 0.05) is 29.6 Å². The summed E-state index contributed by atoms with van der Waals surface area (Å²) < 4.78 is 8.42. The minimum absolute atomic E-state index is 0.225. The summed E-state index contributed by atoms with van der Waals surface area (Å²) in [7, 11) is 0. The summed E-state index contributed by atoms with van der Waals surface area (Å²) in [5.74, 6) is 5.66. The van der Waals surface area contributed by atoms with Crippen molar-refractivity contribution in [3.05, 3.63) is 60.1 Å². The molecule has 0 fully saturated rings. The Bertz CT molecular complexity index is 913. The molecule has 0 bridgehead atoms. The first-order chi connectivity index (χ1) is 13.3. The molecule has 0 aromatic carbocycles. The quantitative estimate of drug-likeness (QED) is 0.409. The van der Waals surface area contributed by atoms with Crippen molar-refractivity contribution in [3.63, 3.8) is 0 Å². The van der Waals surface area contributed by atoms with Crippen LogP contribution in [0.1, 0.15) is 61.8 Å². The molecule has 2 rings (SSSR count). The maximum atomic E-state index is 12.6. The van der Waals surface area contributed by atoms with Crippen molar-refractivity contribution in [2.24, 2.45) is 0 Å². The fraction of sp³-hybridized carbons (Fsp3) is 0.364. The first-order valence-corrected chi connectivity index (χ1v) is 9.57. The molecule has 2 heterocycles. The number of carbonyl (C=O) groups excluding carboxylic acids is 1. The molecule has 0 spiro atoms. The second-order valence-corrected chi connectivity index (χ2v) is 6.85. The maximum Gasteiger partial charge on any atom is 0.357 e. The largest absolute Gasteiger partial charge is 0.461 e. The van der Waals surface area contributed by atoms with Crippen LogP contribution in [-0.4, -0.2) is 27.0 Å². The lowest BCUT2D eigenvalue weighted by Gasteiger charge is -2.08. The third kappa shape index (κ3) is 4.44. The van der Waals surface area contributed by atoms with E-state index in [1.165, 1.54) is 4.68 Å². The molecule has 2 aromatic rings. The first-order valence-electron chi connectivity index (χ1n) is 9.57. The second-order valence-electron chi connectivity index (χ2n) is 6.85. The lowest BCUT2D eigenvalue weighted by atomic mass is 9.99. The van der Waals surface area contributed by atoms with E-state index in [9.17, 15) is 4.79 Å². The molecule has 0 aliphatic rings. The third-order valence-corrected chi connectivity index (χ3v) is 4.30. The van der Waals surface area contributed by atoms with Crippen LogP contribution < -0.4 is 5.84 Å². The normalized spacial score (nSPS) is 11.8. The Morgan fingerprint density at radius 1 is 1.32 bits per heavy atom. The Kier molecular flexibility index (Phi) is 7.04. The van der Waals surface area contributed by atoms with Crippen molar-refractivity contribution < 1.29 is 9.53 Å². The molecule has 0 saturated carbocycles. The summed E-state index contributed by atoms with van der Waals surface area (Å²) >= 11 is 0. The molecular formula is C22H30N4O2. The third-order valence-electron chi connectivity index (χ3n) is 4.30. The molecule has 0 radical (unpaired) electrons. The van der Waals surface area contributed by atoms with Gasteiger partial charge in [-0.05, 0) is 45.3 Å². The second kappa shape index (κ2) is 9.26. The number of nitrogens with two attached hydrogens (primary N) is 1. The number of nitrogen functional groups attached to an aromatic ring is 1. The molecule has 28 heavy (non-hydrogen) atoms. The molecule has 0 amide bonds. The van der Waals surface area contributed by atoms with Gasteiger partial charge in [-0.1, -0.05) is 37.8 Å². The number of carbonyl (C=O) groups is 1. The van der Waals surface area contributed by atoms with E-state index >= 15 is 0 Å².